The zero-order chi connectivity index (χ0) is 10.1. The third kappa shape index (κ3) is 1.42. The maximum atomic E-state index is 5.14. The Hall–Kier alpha value is -0.940. The molecule has 0 unspecified atom stereocenters. The van der Waals surface area contributed by atoms with Crippen molar-refractivity contribution in [3.05, 3.63) is 21.8 Å². The molecular weight excluding hydrogens is 214 g/mol. The third-order valence-electron chi connectivity index (χ3n) is 2.14. The van der Waals surface area contributed by atoms with Crippen LogP contribution >= 0.6 is 23.6 Å². The van der Waals surface area contributed by atoms with Gasteiger partial charge < -0.3 is 0 Å². The Kier molecular flexibility index (Phi) is 2.52. The molecule has 0 aliphatic rings. The molecule has 0 aliphatic carbocycles. The normalized spacial score (nSPS) is 10.7. The van der Waals surface area contributed by atoms with Crippen molar-refractivity contribution < 1.29 is 0 Å². The number of H-pyrrole nitrogens is 1. The maximum absolute atomic E-state index is 5.14. The number of thiophene rings is 1. The highest BCUT2D eigenvalue weighted by atomic mass is 32.1. The molecular formula is C9H11N3S2. The quantitative estimate of drug-likeness (QED) is 0.797. The van der Waals surface area contributed by atoms with Crippen LogP contribution in [-0.2, 0) is 6.54 Å². The molecule has 0 amide bonds. The van der Waals surface area contributed by atoms with Gasteiger partial charge in [0.1, 0.15) is 0 Å². The Morgan fingerprint density at radius 2 is 2.43 bits per heavy atom. The molecule has 0 spiro atoms. The van der Waals surface area contributed by atoms with Crippen molar-refractivity contribution in [3.63, 3.8) is 0 Å². The molecule has 5 heteroatoms. The van der Waals surface area contributed by atoms with E-state index in [1.807, 2.05) is 4.57 Å². The Balaban J connectivity index is 2.63. The molecule has 3 nitrogen and oxygen atoms in total. The molecule has 2 rings (SSSR count). The summed E-state index contributed by atoms with van der Waals surface area (Å²) >= 11 is 6.83. The van der Waals surface area contributed by atoms with Gasteiger partial charge in [0.15, 0.2) is 10.6 Å². The molecule has 2 aromatic rings. The monoisotopic (exact) mass is 225 g/mol. The topological polar surface area (TPSA) is 33.6 Å². The van der Waals surface area contributed by atoms with Gasteiger partial charge in [-0.05, 0) is 43.1 Å². The van der Waals surface area contributed by atoms with Crippen LogP contribution < -0.4 is 0 Å². The first kappa shape index (κ1) is 9.61. The van der Waals surface area contributed by atoms with Gasteiger partial charge in [-0.15, -0.1) is 11.3 Å². The zero-order valence-electron chi connectivity index (χ0n) is 8.07. The van der Waals surface area contributed by atoms with E-state index in [9.17, 15) is 0 Å². The van der Waals surface area contributed by atoms with E-state index in [4.69, 9.17) is 12.2 Å². The second-order valence-corrected chi connectivity index (χ2v) is 4.33. The molecule has 0 saturated heterocycles. The van der Waals surface area contributed by atoms with Crippen molar-refractivity contribution in [2.75, 3.05) is 0 Å². The van der Waals surface area contributed by atoms with E-state index in [1.165, 1.54) is 10.4 Å². The summed E-state index contributed by atoms with van der Waals surface area (Å²) in [5, 5.41) is 9.14. The van der Waals surface area contributed by atoms with E-state index >= 15 is 0 Å². The summed E-state index contributed by atoms with van der Waals surface area (Å²) in [6, 6.07) is 2.09. The Bertz CT molecular complexity index is 492. The Morgan fingerprint density at radius 3 is 3.00 bits per heavy atom. The molecule has 2 aromatic heterocycles. The van der Waals surface area contributed by atoms with Crippen LogP contribution in [0.1, 0.15) is 12.5 Å². The zero-order valence-corrected chi connectivity index (χ0v) is 9.71. The molecule has 0 saturated carbocycles. The number of aryl methyl sites for hydroxylation is 1. The van der Waals surface area contributed by atoms with Gasteiger partial charge in [-0.3, -0.25) is 9.67 Å². The van der Waals surface area contributed by atoms with Gasteiger partial charge in [-0.2, -0.15) is 5.10 Å². The van der Waals surface area contributed by atoms with Crippen LogP contribution in [0.2, 0.25) is 0 Å². The highest BCUT2D eigenvalue weighted by Gasteiger charge is 2.10. The van der Waals surface area contributed by atoms with E-state index < -0.39 is 0 Å². The predicted octanol–water partition coefficient (Wildman–Crippen LogP) is 3.00. The summed E-state index contributed by atoms with van der Waals surface area (Å²) in [7, 11) is 0. The van der Waals surface area contributed by atoms with Gasteiger partial charge in [0, 0.05) is 6.54 Å². The minimum atomic E-state index is 0.690. The SMILES string of the molecule is CCn1c(-c2sccc2C)n[nH]c1=S. The van der Waals surface area contributed by atoms with Gasteiger partial charge in [-0.25, -0.2) is 0 Å². The molecule has 2 heterocycles. The lowest BCUT2D eigenvalue weighted by Gasteiger charge is -2.01. The molecule has 0 fully saturated rings. The van der Waals surface area contributed by atoms with Crippen molar-refractivity contribution in [3.8, 4) is 10.7 Å². The number of nitrogens with one attached hydrogen (secondary N) is 1. The molecule has 14 heavy (non-hydrogen) atoms. The number of hydrogen-bond donors (Lipinski definition) is 1. The van der Waals surface area contributed by atoms with Crippen molar-refractivity contribution in [1.29, 1.82) is 0 Å². The average Bonchev–Trinajstić information content (AvgIpc) is 2.71. The van der Waals surface area contributed by atoms with E-state index in [0.717, 1.165) is 12.4 Å². The average molecular weight is 225 g/mol. The van der Waals surface area contributed by atoms with Gasteiger partial charge in [0.25, 0.3) is 0 Å². The van der Waals surface area contributed by atoms with E-state index in [0.29, 0.717) is 4.77 Å². The number of aromatic nitrogens is 3. The first-order valence-electron chi connectivity index (χ1n) is 4.43. The summed E-state index contributed by atoms with van der Waals surface area (Å²) < 4.78 is 2.70. The lowest BCUT2D eigenvalue weighted by molar-refractivity contribution is 0.756. The lowest BCUT2D eigenvalue weighted by atomic mass is 10.3. The maximum Gasteiger partial charge on any atom is 0.195 e. The van der Waals surface area contributed by atoms with Crippen LogP contribution in [0.15, 0.2) is 11.4 Å². The summed E-state index contributed by atoms with van der Waals surface area (Å²) in [5.74, 6) is 0.949. The molecule has 0 atom stereocenters. The number of hydrogen-bond acceptors (Lipinski definition) is 3. The van der Waals surface area contributed by atoms with Gasteiger partial charge >= 0.3 is 0 Å². The van der Waals surface area contributed by atoms with Gasteiger partial charge in [0.05, 0.1) is 4.88 Å². The third-order valence-corrected chi connectivity index (χ3v) is 3.46. The second-order valence-electron chi connectivity index (χ2n) is 3.03. The van der Waals surface area contributed by atoms with Crippen LogP contribution in [-0.4, -0.2) is 14.8 Å². The van der Waals surface area contributed by atoms with E-state index in [-0.39, 0.29) is 0 Å². The highest BCUT2D eigenvalue weighted by molar-refractivity contribution is 7.71. The molecule has 74 valence electrons. The molecule has 0 aromatic carbocycles. The van der Waals surface area contributed by atoms with Crippen molar-refractivity contribution in [2.24, 2.45) is 0 Å². The summed E-state index contributed by atoms with van der Waals surface area (Å²) in [5.41, 5.74) is 1.25. The first-order valence-corrected chi connectivity index (χ1v) is 5.72. The van der Waals surface area contributed by atoms with Crippen molar-refractivity contribution in [1.82, 2.24) is 14.8 Å². The van der Waals surface area contributed by atoms with Crippen LogP contribution in [0, 0.1) is 11.7 Å². The lowest BCUT2D eigenvalue weighted by Crippen LogP contribution is -1.96. The minimum absolute atomic E-state index is 0.690. The van der Waals surface area contributed by atoms with Crippen LogP contribution in [0.3, 0.4) is 0 Å². The molecule has 1 N–H and O–H groups in total. The second kappa shape index (κ2) is 3.67. The predicted molar refractivity (Wildman–Crippen MR) is 61.1 cm³/mol. The molecule has 0 radical (unpaired) electrons. The fraction of sp³-hybridized carbons (Fsp3) is 0.333. The Labute approximate surface area is 91.4 Å². The summed E-state index contributed by atoms with van der Waals surface area (Å²) in [4.78, 5) is 1.19. The van der Waals surface area contributed by atoms with Gasteiger partial charge in [0.2, 0.25) is 0 Å². The van der Waals surface area contributed by atoms with Crippen LogP contribution in [0.25, 0.3) is 10.7 Å². The summed E-state index contributed by atoms with van der Waals surface area (Å²) in [6.07, 6.45) is 0. The van der Waals surface area contributed by atoms with Gasteiger partial charge in [-0.1, -0.05) is 0 Å². The minimum Gasteiger partial charge on any atom is -0.300 e. The van der Waals surface area contributed by atoms with Crippen molar-refractivity contribution >= 4 is 23.6 Å². The smallest absolute Gasteiger partial charge is 0.195 e. The van der Waals surface area contributed by atoms with E-state index in [1.54, 1.807) is 11.3 Å². The number of rotatable bonds is 2. The van der Waals surface area contributed by atoms with Crippen LogP contribution in [0.4, 0.5) is 0 Å². The first-order chi connectivity index (χ1) is 6.74. The largest absolute Gasteiger partial charge is 0.300 e. The molecule has 0 aliphatic heterocycles. The fourth-order valence-electron chi connectivity index (χ4n) is 1.39. The standard InChI is InChI=1S/C9H11N3S2/c1-3-12-8(10-11-9(12)13)7-6(2)4-5-14-7/h4-5H,3H2,1-2H3,(H,11,13). The number of aromatic amines is 1. The number of nitrogens with zero attached hydrogens (tertiary/aromatic N) is 2. The highest BCUT2D eigenvalue weighted by Crippen LogP contribution is 2.27. The fourth-order valence-corrected chi connectivity index (χ4v) is 2.57. The van der Waals surface area contributed by atoms with Crippen LogP contribution in [0.5, 0.6) is 0 Å². The van der Waals surface area contributed by atoms with Crippen molar-refractivity contribution in [2.45, 2.75) is 20.4 Å². The van der Waals surface area contributed by atoms with E-state index in [2.05, 4.69) is 35.5 Å². The Morgan fingerprint density at radius 1 is 1.64 bits per heavy atom. The summed E-state index contributed by atoms with van der Waals surface area (Å²) in [6.45, 7) is 5.00. The molecule has 0 bridgehead atoms.